The number of fused-ring (bicyclic) bond motifs is 1. The number of aromatic nitrogens is 5. The number of aromatic amines is 1. The average molecular weight is 629 g/mol. The predicted molar refractivity (Wildman–Crippen MR) is 170 cm³/mol. The summed E-state index contributed by atoms with van der Waals surface area (Å²) in [7, 11) is 0. The van der Waals surface area contributed by atoms with Crippen molar-refractivity contribution < 1.29 is 27.7 Å². The molecule has 4 heterocycles. The standard InChI is InChI=1S/C35H26FN7O4/c1-21(44)40-26-6-2-4-22(18-26)30-31-34(37-20-38-35(31)47-32(30)29-15-16-39-42-29)46-28-13-9-25(10-14-28)41-33(45)23-5-3-17-43(19-23)27-11-7-24(36)8-12-27/h2-3,5-20,22H,4H2,1H3,(H2-,39,40,41,42,44,45)/p+1. The van der Waals surface area contributed by atoms with Gasteiger partial charge < -0.3 is 19.8 Å². The van der Waals surface area contributed by atoms with Gasteiger partial charge in [0.05, 0.1) is 0 Å². The maximum absolute atomic E-state index is 13.4. The van der Waals surface area contributed by atoms with Gasteiger partial charge in [-0.1, -0.05) is 12.2 Å². The fourth-order valence-electron chi connectivity index (χ4n) is 5.42. The first-order valence-electron chi connectivity index (χ1n) is 14.7. The normalized spacial score (nSPS) is 14.1. The number of hydrogen-bond donors (Lipinski definition) is 3. The zero-order valence-electron chi connectivity index (χ0n) is 25.0. The third kappa shape index (κ3) is 6.25. The third-order valence-corrected chi connectivity index (χ3v) is 7.51. The maximum atomic E-state index is 13.4. The Labute approximate surface area is 267 Å². The van der Waals surface area contributed by atoms with Crippen molar-refractivity contribution in [2.75, 3.05) is 5.32 Å². The molecule has 2 amide bonds. The predicted octanol–water partition coefficient (Wildman–Crippen LogP) is 6.14. The van der Waals surface area contributed by atoms with E-state index in [2.05, 4.69) is 30.8 Å². The van der Waals surface area contributed by atoms with Gasteiger partial charge in [-0.3, -0.25) is 14.7 Å². The van der Waals surface area contributed by atoms with Crippen molar-refractivity contribution in [3.8, 4) is 28.8 Å². The molecule has 3 N–H and O–H groups in total. The topological polar surface area (TPSA) is 139 Å². The number of H-pyrrole nitrogens is 1. The second-order valence-corrected chi connectivity index (χ2v) is 10.8. The Bertz CT molecular complexity index is 2160. The molecule has 6 aromatic rings. The highest BCUT2D eigenvalue weighted by molar-refractivity contribution is 6.03. The van der Waals surface area contributed by atoms with Crippen LogP contribution in [0.4, 0.5) is 10.1 Å². The number of anilines is 1. The van der Waals surface area contributed by atoms with Gasteiger partial charge in [0.2, 0.25) is 23.2 Å². The number of rotatable bonds is 8. The van der Waals surface area contributed by atoms with Crippen LogP contribution in [-0.2, 0) is 4.79 Å². The van der Waals surface area contributed by atoms with E-state index in [1.54, 1.807) is 77.8 Å². The molecule has 1 aliphatic carbocycles. The van der Waals surface area contributed by atoms with E-state index in [4.69, 9.17) is 9.15 Å². The Kier molecular flexibility index (Phi) is 7.80. The largest absolute Gasteiger partial charge is 0.438 e. The molecule has 47 heavy (non-hydrogen) atoms. The molecule has 1 aliphatic rings. The zero-order valence-corrected chi connectivity index (χ0v) is 25.0. The van der Waals surface area contributed by atoms with Crippen molar-refractivity contribution >= 4 is 28.6 Å². The molecule has 232 valence electrons. The van der Waals surface area contributed by atoms with Gasteiger partial charge in [-0.2, -0.15) is 9.67 Å². The zero-order chi connectivity index (χ0) is 32.3. The second-order valence-electron chi connectivity index (χ2n) is 10.8. The van der Waals surface area contributed by atoms with Gasteiger partial charge in [-0.05, 0) is 61.0 Å². The summed E-state index contributed by atoms with van der Waals surface area (Å²) in [6.07, 6.45) is 12.9. The van der Waals surface area contributed by atoms with Crippen LogP contribution in [0.3, 0.4) is 0 Å². The second kappa shape index (κ2) is 12.5. The monoisotopic (exact) mass is 628 g/mol. The van der Waals surface area contributed by atoms with Crippen molar-refractivity contribution in [3.05, 3.63) is 133 Å². The minimum atomic E-state index is -0.333. The molecule has 0 aliphatic heterocycles. The van der Waals surface area contributed by atoms with Crippen molar-refractivity contribution in [3.63, 3.8) is 0 Å². The summed E-state index contributed by atoms with van der Waals surface area (Å²) in [5.74, 6) is 0.306. The lowest BCUT2D eigenvalue weighted by Gasteiger charge is -2.18. The highest BCUT2D eigenvalue weighted by Gasteiger charge is 2.28. The highest BCUT2D eigenvalue weighted by Crippen LogP contribution is 2.44. The van der Waals surface area contributed by atoms with E-state index in [0.717, 1.165) is 11.3 Å². The quantitative estimate of drug-likeness (QED) is 0.172. The van der Waals surface area contributed by atoms with Crippen molar-refractivity contribution in [2.45, 2.75) is 19.3 Å². The van der Waals surface area contributed by atoms with E-state index in [0.29, 0.717) is 51.7 Å². The lowest BCUT2D eigenvalue weighted by atomic mass is 9.89. The van der Waals surface area contributed by atoms with Crippen LogP contribution in [0.15, 0.2) is 120 Å². The number of amides is 2. The van der Waals surface area contributed by atoms with Gasteiger partial charge in [0.1, 0.15) is 34.5 Å². The summed E-state index contributed by atoms with van der Waals surface area (Å²) in [5, 5.41) is 13.4. The van der Waals surface area contributed by atoms with Crippen LogP contribution in [0.5, 0.6) is 11.6 Å². The molecule has 0 saturated heterocycles. The molecule has 0 radical (unpaired) electrons. The number of pyridine rings is 1. The van der Waals surface area contributed by atoms with Gasteiger partial charge >= 0.3 is 0 Å². The molecule has 11 nitrogen and oxygen atoms in total. The van der Waals surface area contributed by atoms with E-state index in [1.807, 2.05) is 18.2 Å². The third-order valence-electron chi connectivity index (χ3n) is 7.51. The van der Waals surface area contributed by atoms with Crippen molar-refractivity contribution in [2.24, 2.45) is 0 Å². The van der Waals surface area contributed by atoms with E-state index < -0.39 is 0 Å². The SMILES string of the molecule is CC(=O)NC1=CC(c2c(-c3ccn[nH]3)oc3ncnc(Oc4ccc(NC(=O)c5ccc[n+](-c6ccc(F)cc6)c5)cc4)c23)CC=C1. The molecule has 7 rings (SSSR count). The minimum Gasteiger partial charge on any atom is -0.438 e. The lowest BCUT2D eigenvalue weighted by molar-refractivity contribution is -0.595. The summed E-state index contributed by atoms with van der Waals surface area (Å²) < 4.78 is 27.6. The highest BCUT2D eigenvalue weighted by atomic mass is 19.1. The number of carbonyl (C=O) groups is 2. The van der Waals surface area contributed by atoms with E-state index in [-0.39, 0.29) is 29.4 Å². The van der Waals surface area contributed by atoms with Crippen LogP contribution >= 0.6 is 0 Å². The van der Waals surface area contributed by atoms with Gasteiger partial charge in [-0.25, -0.2) is 14.4 Å². The fourth-order valence-corrected chi connectivity index (χ4v) is 5.42. The summed E-state index contributed by atoms with van der Waals surface area (Å²) in [6, 6.07) is 18.2. The van der Waals surface area contributed by atoms with Crippen molar-refractivity contribution in [1.82, 2.24) is 25.5 Å². The molecule has 0 bridgehead atoms. The number of furan rings is 1. The molecule has 4 aromatic heterocycles. The number of ether oxygens (including phenoxy) is 1. The van der Waals surface area contributed by atoms with E-state index >= 15 is 0 Å². The number of halogens is 1. The Hall–Kier alpha value is -6.43. The summed E-state index contributed by atoms with van der Waals surface area (Å²) in [4.78, 5) is 33.7. The number of hydrogen-bond acceptors (Lipinski definition) is 7. The number of benzene rings is 2. The smallest absolute Gasteiger partial charge is 0.261 e. The summed E-state index contributed by atoms with van der Waals surface area (Å²) in [5.41, 5.74) is 4.17. The van der Waals surface area contributed by atoms with Crippen LogP contribution in [0.25, 0.3) is 28.2 Å². The van der Waals surface area contributed by atoms with Crippen molar-refractivity contribution in [1.29, 1.82) is 0 Å². The van der Waals surface area contributed by atoms with E-state index in [1.165, 1.54) is 25.4 Å². The fraction of sp³-hybridized carbons (Fsp3) is 0.0857. The first-order valence-corrected chi connectivity index (χ1v) is 14.7. The molecule has 0 fully saturated rings. The molecule has 2 aromatic carbocycles. The number of carbonyl (C=O) groups excluding carboxylic acids is 2. The summed E-state index contributed by atoms with van der Waals surface area (Å²) in [6.45, 7) is 1.46. The minimum absolute atomic E-state index is 0.170. The van der Waals surface area contributed by atoms with Crippen LogP contribution in [-0.4, -0.2) is 32.0 Å². The first kappa shape index (κ1) is 29.3. The van der Waals surface area contributed by atoms with Crippen LogP contribution < -0.4 is 19.9 Å². The average Bonchev–Trinajstić information content (AvgIpc) is 3.75. The molecule has 1 atom stereocenters. The van der Waals surface area contributed by atoms with Crippen LogP contribution in [0.2, 0.25) is 0 Å². The van der Waals surface area contributed by atoms with Crippen LogP contribution in [0, 0.1) is 5.82 Å². The molecular weight excluding hydrogens is 601 g/mol. The molecular formula is C35H27FN7O4+. The van der Waals surface area contributed by atoms with Crippen LogP contribution in [0.1, 0.15) is 35.2 Å². The van der Waals surface area contributed by atoms with Gasteiger partial charge in [0.15, 0.2) is 18.2 Å². The molecule has 1 unspecified atom stereocenters. The Morgan fingerprint density at radius 3 is 2.64 bits per heavy atom. The first-order chi connectivity index (χ1) is 22.9. The number of allylic oxidation sites excluding steroid dienone is 3. The molecule has 0 saturated carbocycles. The lowest BCUT2D eigenvalue weighted by Crippen LogP contribution is -2.31. The maximum Gasteiger partial charge on any atom is 0.261 e. The Balaban J connectivity index is 1.15. The van der Waals surface area contributed by atoms with Gasteiger partial charge in [0.25, 0.3) is 5.91 Å². The Morgan fingerprint density at radius 2 is 1.87 bits per heavy atom. The van der Waals surface area contributed by atoms with E-state index in [9.17, 15) is 14.0 Å². The molecule has 0 spiro atoms. The number of nitrogens with zero attached hydrogens (tertiary/aromatic N) is 4. The van der Waals surface area contributed by atoms with Gasteiger partial charge in [-0.15, -0.1) is 0 Å². The summed E-state index contributed by atoms with van der Waals surface area (Å²) >= 11 is 0. The number of nitrogens with one attached hydrogen (secondary N) is 3. The Morgan fingerprint density at radius 1 is 1.04 bits per heavy atom. The molecule has 12 heteroatoms. The van der Waals surface area contributed by atoms with Gasteiger partial charge in [0, 0.05) is 54.2 Å².